The predicted molar refractivity (Wildman–Crippen MR) is 94.2 cm³/mol. The van der Waals surface area contributed by atoms with E-state index in [0.29, 0.717) is 0 Å². The minimum Gasteiger partial charge on any atom is -0.379 e. The highest BCUT2D eigenvalue weighted by Crippen LogP contribution is 2.20. The van der Waals surface area contributed by atoms with Gasteiger partial charge >= 0.3 is 0 Å². The van der Waals surface area contributed by atoms with Crippen LogP contribution in [0, 0.1) is 0 Å². The molecule has 2 rings (SSSR count). The van der Waals surface area contributed by atoms with Crippen LogP contribution in [0.15, 0.2) is 29.2 Å². The van der Waals surface area contributed by atoms with Crippen molar-refractivity contribution in [2.24, 2.45) is 0 Å². The predicted octanol–water partition coefficient (Wildman–Crippen LogP) is 3.17. The Labute approximate surface area is 143 Å². The number of halogens is 2. The molecule has 1 saturated heterocycles. The number of hydrogen-bond donors (Lipinski definition) is 1. The molecular weight excluding hydrogens is 327 g/mol. The van der Waals surface area contributed by atoms with E-state index >= 15 is 0 Å². The lowest BCUT2D eigenvalue weighted by molar-refractivity contribution is 0.0384. The second-order valence-corrected chi connectivity index (χ2v) is 6.46. The van der Waals surface area contributed by atoms with Gasteiger partial charge in [-0.15, -0.1) is 24.2 Å². The van der Waals surface area contributed by atoms with E-state index in [1.165, 1.54) is 11.3 Å². The molecule has 0 saturated carbocycles. The standard InChI is InChI=1S/C15H23ClN2OS.ClH/c16-14-2-4-15(5-3-14)20-13-1-6-17-7-8-18-9-11-19-12-10-18;/h2-5,17H,1,6-13H2;1H. The Bertz CT molecular complexity index is 372. The molecule has 0 amide bonds. The summed E-state index contributed by atoms with van der Waals surface area (Å²) in [7, 11) is 0. The lowest BCUT2D eigenvalue weighted by Gasteiger charge is -2.26. The van der Waals surface area contributed by atoms with Crippen molar-refractivity contribution in [3.05, 3.63) is 29.3 Å². The van der Waals surface area contributed by atoms with E-state index in [1.807, 2.05) is 23.9 Å². The van der Waals surface area contributed by atoms with Crippen LogP contribution in [0.2, 0.25) is 5.02 Å². The smallest absolute Gasteiger partial charge is 0.0594 e. The number of thioether (sulfide) groups is 1. The summed E-state index contributed by atoms with van der Waals surface area (Å²) in [5.41, 5.74) is 0. The first kappa shape index (κ1) is 19.1. The van der Waals surface area contributed by atoms with Gasteiger partial charge in [0.15, 0.2) is 0 Å². The van der Waals surface area contributed by atoms with Crippen molar-refractivity contribution in [2.45, 2.75) is 11.3 Å². The fourth-order valence-corrected chi connectivity index (χ4v) is 3.08. The van der Waals surface area contributed by atoms with Crippen LogP contribution in [0.4, 0.5) is 0 Å². The highest BCUT2D eigenvalue weighted by Gasteiger charge is 2.08. The van der Waals surface area contributed by atoms with Gasteiger partial charge in [-0.1, -0.05) is 11.6 Å². The van der Waals surface area contributed by atoms with Crippen molar-refractivity contribution >= 4 is 35.8 Å². The molecular formula is C15H24Cl2N2OS. The van der Waals surface area contributed by atoms with Crippen molar-refractivity contribution in [3.8, 4) is 0 Å². The first-order valence-electron chi connectivity index (χ1n) is 7.24. The van der Waals surface area contributed by atoms with Gasteiger partial charge in [-0.05, 0) is 43.0 Å². The number of hydrogen-bond acceptors (Lipinski definition) is 4. The summed E-state index contributed by atoms with van der Waals surface area (Å²) in [6.07, 6.45) is 1.19. The number of benzene rings is 1. The molecule has 21 heavy (non-hydrogen) atoms. The summed E-state index contributed by atoms with van der Waals surface area (Å²) in [6.45, 7) is 7.22. The maximum absolute atomic E-state index is 5.86. The molecule has 0 aliphatic carbocycles. The van der Waals surface area contributed by atoms with Crippen LogP contribution in [-0.2, 0) is 4.74 Å². The summed E-state index contributed by atoms with van der Waals surface area (Å²) in [6, 6.07) is 8.06. The minimum atomic E-state index is 0. The molecule has 1 aliphatic rings. The molecule has 0 atom stereocenters. The molecule has 1 N–H and O–H groups in total. The largest absolute Gasteiger partial charge is 0.379 e. The number of nitrogens with zero attached hydrogens (tertiary/aromatic N) is 1. The number of nitrogens with one attached hydrogen (secondary N) is 1. The maximum atomic E-state index is 5.86. The van der Waals surface area contributed by atoms with E-state index in [-0.39, 0.29) is 12.4 Å². The van der Waals surface area contributed by atoms with Gasteiger partial charge in [-0.3, -0.25) is 4.90 Å². The van der Waals surface area contributed by atoms with Crippen LogP contribution in [0.5, 0.6) is 0 Å². The van der Waals surface area contributed by atoms with Gasteiger partial charge in [0.2, 0.25) is 0 Å². The van der Waals surface area contributed by atoms with Gasteiger partial charge in [-0.2, -0.15) is 0 Å². The number of rotatable bonds is 8. The van der Waals surface area contributed by atoms with E-state index in [4.69, 9.17) is 16.3 Å². The average molecular weight is 351 g/mol. The van der Waals surface area contributed by atoms with Crippen LogP contribution in [0.3, 0.4) is 0 Å². The van der Waals surface area contributed by atoms with E-state index in [2.05, 4.69) is 22.3 Å². The Morgan fingerprint density at radius 1 is 1.14 bits per heavy atom. The minimum absolute atomic E-state index is 0. The Balaban J connectivity index is 0.00000220. The van der Waals surface area contributed by atoms with Crippen LogP contribution < -0.4 is 5.32 Å². The SMILES string of the molecule is Cl.Clc1ccc(SCCCNCCN2CCOCC2)cc1. The topological polar surface area (TPSA) is 24.5 Å². The molecule has 0 spiro atoms. The maximum Gasteiger partial charge on any atom is 0.0594 e. The molecule has 6 heteroatoms. The second-order valence-electron chi connectivity index (χ2n) is 4.86. The van der Waals surface area contributed by atoms with E-state index < -0.39 is 0 Å². The fraction of sp³-hybridized carbons (Fsp3) is 0.600. The van der Waals surface area contributed by atoms with Crippen LogP contribution in [0.1, 0.15) is 6.42 Å². The van der Waals surface area contributed by atoms with Crippen molar-refractivity contribution < 1.29 is 4.74 Å². The first-order valence-corrected chi connectivity index (χ1v) is 8.60. The average Bonchev–Trinajstić information content (AvgIpc) is 2.49. The van der Waals surface area contributed by atoms with Crippen molar-refractivity contribution in [2.75, 3.05) is 51.7 Å². The molecule has 1 aromatic carbocycles. The monoisotopic (exact) mass is 350 g/mol. The van der Waals surface area contributed by atoms with E-state index in [9.17, 15) is 0 Å². The molecule has 3 nitrogen and oxygen atoms in total. The summed E-state index contributed by atoms with van der Waals surface area (Å²) in [4.78, 5) is 3.75. The summed E-state index contributed by atoms with van der Waals surface area (Å²) >= 11 is 7.75. The van der Waals surface area contributed by atoms with Gasteiger partial charge in [0.1, 0.15) is 0 Å². The highest BCUT2D eigenvalue weighted by atomic mass is 35.5. The molecule has 0 aromatic heterocycles. The lowest BCUT2D eigenvalue weighted by Crippen LogP contribution is -2.40. The Hall–Kier alpha value is 0.0300. The molecule has 1 aliphatic heterocycles. The van der Waals surface area contributed by atoms with E-state index in [1.54, 1.807) is 0 Å². The van der Waals surface area contributed by atoms with Crippen LogP contribution in [-0.4, -0.2) is 56.6 Å². The Morgan fingerprint density at radius 2 is 1.86 bits per heavy atom. The zero-order valence-corrected chi connectivity index (χ0v) is 14.6. The number of ether oxygens (including phenoxy) is 1. The number of morpholine rings is 1. The first-order chi connectivity index (χ1) is 9.84. The fourth-order valence-electron chi connectivity index (χ4n) is 2.10. The van der Waals surface area contributed by atoms with Gasteiger partial charge in [0.05, 0.1) is 13.2 Å². The van der Waals surface area contributed by atoms with Crippen molar-refractivity contribution in [3.63, 3.8) is 0 Å². The Morgan fingerprint density at radius 3 is 2.57 bits per heavy atom. The van der Waals surface area contributed by atoms with Crippen molar-refractivity contribution in [1.82, 2.24) is 10.2 Å². The second kappa shape index (κ2) is 11.6. The molecule has 1 heterocycles. The summed E-state index contributed by atoms with van der Waals surface area (Å²) in [5, 5.41) is 4.32. The molecule has 1 aromatic rings. The van der Waals surface area contributed by atoms with Crippen LogP contribution in [0.25, 0.3) is 0 Å². The highest BCUT2D eigenvalue weighted by molar-refractivity contribution is 7.99. The quantitative estimate of drug-likeness (QED) is 0.574. The van der Waals surface area contributed by atoms with Crippen molar-refractivity contribution in [1.29, 1.82) is 0 Å². The third kappa shape index (κ3) is 8.29. The summed E-state index contributed by atoms with van der Waals surface area (Å²) < 4.78 is 5.34. The van der Waals surface area contributed by atoms with Gasteiger partial charge in [0.25, 0.3) is 0 Å². The summed E-state index contributed by atoms with van der Waals surface area (Å²) in [5.74, 6) is 1.15. The van der Waals surface area contributed by atoms with Gasteiger partial charge < -0.3 is 10.1 Å². The molecule has 0 bridgehead atoms. The zero-order chi connectivity index (χ0) is 14.0. The lowest BCUT2D eigenvalue weighted by atomic mass is 10.4. The normalized spacial score (nSPS) is 15.7. The van der Waals surface area contributed by atoms with Gasteiger partial charge in [-0.25, -0.2) is 0 Å². The van der Waals surface area contributed by atoms with E-state index in [0.717, 1.165) is 56.7 Å². The third-order valence-electron chi connectivity index (χ3n) is 3.29. The third-order valence-corrected chi connectivity index (χ3v) is 4.64. The zero-order valence-electron chi connectivity index (χ0n) is 12.2. The molecule has 120 valence electrons. The molecule has 0 radical (unpaired) electrons. The molecule has 1 fully saturated rings. The van der Waals surface area contributed by atoms with Gasteiger partial charge in [0, 0.05) is 36.1 Å². The Kier molecular flexibility index (Phi) is 10.5. The molecule has 0 unspecified atom stereocenters. The van der Waals surface area contributed by atoms with Crippen LogP contribution >= 0.6 is 35.8 Å².